The molecule has 2 aliphatic heterocycles. The zero-order valence-corrected chi connectivity index (χ0v) is 17.6. The molecular formula is C24H26N2O2S. The highest BCUT2D eigenvalue weighted by atomic mass is 32.2. The number of hydrogen-bond donors (Lipinski definition) is 0. The average molecular weight is 407 g/mol. The standard InChI is InChI=1S/C24H26N2O2S/c1-18-9-11-19(12-10-18)17-28-21-8-6-7-20(15-21)16-22-23(27)25-24(29-22)26-13-4-2-3-5-14-26/h6-12,15-16H,2-5,13-14,17H2,1H3/b22-16-. The van der Waals surface area contributed by atoms with E-state index < -0.39 is 0 Å². The van der Waals surface area contributed by atoms with E-state index >= 15 is 0 Å². The molecule has 0 radical (unpaired) electrons. The van der Waals surface area contributed by atoms with E-state index in [2.05, 4.69) is 41.1 Å². The molecule has 0 aliphatic carbocycles. The van der Waals surface area contributed by atoms with Gasteiger partial charge in [0.05, 0.1) is 4.91 Å². The quantitative estimate of drug-likeness (QED) is 0.636. The van der Waals surface area contributed by atoms with E-state index in [9.17, 15) is 4.79 Å². The van der Waals surface area contributed by atoms with Crippen LogP contribution in [0.1, 0.15) is 42.4 Å². The Balaban J connectivity index is 1.41. The van der Waals surface area contributed by atoms with Crippen molar-refractivity contribution in [1.82, 2.24) is 4.90 Å². The van der Waals surface area contributed by atoms with Gasteiger partial charge in [0.1, 0.15) is 12.4 Å². The Morgan fingerprint density at radius 1 is 1.07 bits per heavy atom. The van der Waals surface area contributed by atoms with Gasteiger partial charge in [0.2, 0.25) is 0 Å². The van der Waals surface area contributed by atoms with E-state index in [-0.39, 0.29) is 5.91 Å². The van der Waals surface area contributed by atoms with Gasteiger partial charge >= 0.3 is 0 Å². The minimum atomic E-state index is -0.139. The maximum Gasteiger partial charge on any atom is 0.286 e. The van der Waals surface area contributed by atoms with Crippen molar-refractivity contribution < 1.29 is 9.53 Å². The van der Waals surface area contributed by atoms with E-state index in [1.54, 1.807) is 0 Å². The Morgan fingerprint density at radius 3 is 2.59 bits per heavy atom. The van der Waals surface area contributed by atoms with Crippen molar-refractivity contribution in [2.24, 2.45) is 4.99 Å². The first kappa shape index (κ1) is 19.8. The summed E-state index contributed by atoms with van der Waals surface area (Å²) in [6.45, 7) is 4.59. The van der Waals surface area contributed by atoms with Crippen LogP contribution in [0, 0.1) is 6.92 Å². The fourth-order valence-corrected chi connectivity index (χ4v) is 4.46. The van der Waals surface area contributed by atoms with Crippen molar-refractivity contribution in [3.8, 4) is 5.75 Å². The smallest absolute Gasteiger partial charge is 0.286 e. The maximum absolute atomic E-state index is 12.4. The molecule has 29 heavy (non-hydrogen) atoms. The number of amides is 1. The first-order chi connectivity index (χ1) is 14.2. The van der Waals surface area contributed by atoms with Crippen LogP contribution in [-0.4, -0.2) is 29.1 Å². The van der Waals surface area contributed by atoms with Gasteiger partial charge in [-0.05, 0) is 60.9 Å². The molecule has 2 heterocycles. The van der Waals surface area contributed by atoms with Crippen LogP contribution in [0.5, 0.6) is 5.75 Å². The van der Waals surface area contributed by atoms with Gasteiger partial charge in [-0.15, -0.1) is 0 Å². The van der Waals surface area contributed by atoms with Crippen LogP contribution in [-0.2, 0) is 11.4 Å². The van der Waals surface area contributed by atoms with E-state index in [1.165, 1.54) is 43.0 Å². The van der Waals surface area contributed by atoms with Crippen LogP contribution in [0.25, 0.3) is 6.08 Å². The van der Waals surface area contributed by atoms with Gasteiger partial charge in [-0.1, -0.05) is 54.8 Å². The Hall–Kier alpha value is -2.53. The lowest BCUT2D eigenvalue weighted by Crippen LogP contribution is -2.28. The Kier molecular flexibility index (Phi) is 6.35. The number of amidine groups is 1. The lowest BCUT2D eigenvalue weighted by molar-refractivity contribution is -0.113. The average Bonchev–Trinajstić information content (AvgIpc) is 2.93. The molecule has 150 valence electrons. The van der Waals surface area contributed by atoms with Crippen molar-refractivity contribution in [1.29, 1.82) is 0 Å². The molecule has 4 rings (SSSR count). The summed E-state index contributed by atoms with van der Waals surface area (Å²) in [5, 5.41) is 0.856. The third-order valence-corrected chi connectivity index (χ3v) is 6.21. The summed E-state index contributed by atoms with van der Waals surface area (Å²) in [6, 6.07) is 16.2. The number of aliphatic imine (C=N–C) groups is 1. The Bertz CT molecular complexity index is 926. The molecule has 0 spiro atoms. The second-order valence-corrected chi connectivity index (χ2v) is 8.57. The van der Waals surface area contributed by atoms with E-state index in [0.717, 1.165) is 35.1 Å². The van der Waals surface area contributed by atoms with Crippen molar-refractivity contribution in [2.45, 2.75) is 39.2 Å². The first-order valence-electron chi connectivity index (χ1n) is 10.2. The minimum absolute atomic E-state index is 0.139. The van der Waals surface area contributed by atoms with E-state index in [4.69, 9.17) is 4.74 Å². The van der Waals surface area contributed by atoms with Crippen LogP contribution in [0.4, 0.5) is 0 Å². The zero-order valence-electron chi connectivity index (χ0n) is 16.8. The van der Waals surface area contributed by atoms with E-state index in [1.807, 2.05) is 30.3 Å². The highest BCUT2D eigenvalue weighted by Crippen LogP contribution is 2.31. The van der Waals surface area contributed by atoms with Crippen LogP contribution in [0.3, 0.4) is 0 Å². The van der Waals surface area contributed by atoms with Crippen molar-refractivity contribution in [3.05, 3.63) is 70.1 Å². The predicted octanol–water partition coefficient (Wildman–Crippen LogP) is 5.42. The molecule has 5 heteroatoms. The third-order valence-electron chi connectivity index (χ3n) is 5.17. The fourth-order valence-electron chi connectivity index (χ4n) is 3.49. The number of benzene rings is 2. The number of carbonyl (C=O) groups excluding carboxylic acids is 1. The second kappa shape index (κ2) is 9.31. The van der Waals surface area contributed by atoms with Crippen molar-refractivity contribution >= 4 is 28.9 Å². The molecule has 4 nitrogen and oxygen atoms in total. The maximum atomic E-state index is 12.4. The molecule has 1 saturated heterocycles. The van der Waals surface area contributed by atoms with Crippen molar-refractivity contribution in [2.75, 3.05) is 13.1 Å². The summed E-state index contributed by atoms with van der Waals surface area (Å²) in [5.74, 6) is 0.657. The molecule has 1 fully saturated rings. The van der Waals surface area contributed by atoms with Gasteiger partial charge in [0.15, 0.2) is 5.17 Å². The summed E-state index contributed by atoms with van der Waals surface area (Å²) < 4.78 is 5.94. The predicted molar refractivity (Wildman–Crippen MR) is 120 cm³/mol. The molecule has 2 aromatic carbocycles. The summed E-state index contributed by atoms with van der Waals surface area (Å²) in [7, 11) is 0. The minimum Gasteiger partial charge on any atom is -0.489 e. The lowest BCUT2D eigenvalue weighted by Gasteiger charge is -2.20. The topological polar surface area (TPSA) is 41.9 Å². The number of nitrogens with zero attached hydrogens (tertiary/aromatic N) is 2. The van der Waals surface area contributed by atoms with Gasteiger partial charge in [-0.25, -0.2) is 0 Å². The summed E-state index contributed by atoms with van der Waals surface area (Å²) in [6.07, 6.45) is 6.79. The van der Waals surface area contributed by atoms with Crippen LogP contribution < -0.4 is 4.74 Å². The first-order valence-corrected chi connectivity index (χ1v) is 11.0. The molecule has 0 aromatic heterocycles. The van der Waals surface area contributed by atoms with Crippen molar-refractivity contribution in [3.63, 3.8) is 0 Å². The molecule has 0 unspecified atom stereocenters. The lowest BCUT2D eigenvalue weighted by atomic mass is 10.1. The number of ether oxygens (including phenoxy) is 1. The zero-order chi connectivity index (χ0) is 20.1. The number of likely N-dealkylation sites (tertiary alicyclic amines) is 1. The molecule has 2 aliphatic rings. The Morgan fingerprint density at radius 2 is 1.83 bits per heavy atom. The molecule has 2 aromatic rings. The van der Waals surface area contributed by atoms with Gasteiger partial charge in [0, 0.05) is 13.1 Å². The molecule has 0 atom stereocenters. The summed E-state index contributed by atoms with van der Waals surface area (Å²) in [4.78, 5) is 19.7. The molecule has 1 amide bonds. The molecular weight excluding hydrogens is 380 g/mol. The highest BCUT2D eigenvalue weighted by Gasteiger charge is 2.26. The Labute approximate surface area is 176 Å². The van der Waals surface area contributed by atoms with Crippen LogP contribution >= 0.6 is 11.8 Å². The SMILES string of the molecule is Cc1ccc(COc2cccc(/C=C3\SC(N4CCCCCC4)=NC3=O)c2)cc1. The second-order valence-electron chi connectivity index (χ2n) is 7.56. The van der Waals surface area contributed by atoms with Gasteiger partial charge in [-0.2, -0.15) is 4.99 Å². The normalized spacial score (nSPS) is 18.7. The summed E-state index contributed by atoms with van der Waals surface area (Å²) in [5.41, 5.74) is 3.33. The number of hydrogen-bond acceptors (Lipinski definition) is 4. The number of carbonyl (C=O) groups is 1. The van der Waals surface area contributed by atoms with Gasteiger partial charge in [-0.3, -0.25) is 4.79 Å². The molecule has 0 N–H and O–H groups in total. The molecule has 0 saturated carbocycles. The number of aryl methyl sites for hydroxylation is 1. The van der Waals surface area contributed by atoms with Crippen LogP contribution in [0.15, 0.2) is 58.4 Å². The van der Waals surface area contributed by atoms with Gasteiger partial charge < -0.3 is 9.64 Å². The summed E-state index contributed by atoms with van der Waals surface area (Å²) >= 11 is 1.49. The fraction of sp³-hybridized carbons (Fsp3) is 0.333. The van der Waals surface area contributed by atoms with Crippen LogP contribution in [0.2, 0.25) is 0 Å². The molecule has 0 bridgehead atoms. The number of rotatable bonds is 4. The third kappa shape index (κ3) is 5.30. The highest BCUT2D eigenvalue weighted by molar-refractivity contribution is 8.18. The number of thioether (sulfide) groups is 1. The van der Waals surface area contributed by atoms with Gasteiger partial charge in [0.25, 0.3) is 5.91 Å². The largest absolute Gasteiger partial charge is 0.489 e. The monoisotopic (exact) mass is 406 g/mol. The van der Waals surface area contributed by atoms with E-state index in [0.29, 0.717) is 11.5 Å².